The molecule has 0 amide bonds. The molecule has 0 aliphatic carbocycles. The van der Waals surface area contributed by atoms with Crippen LogP contribution in [0, 0.1) is 0 Å². The zero-order chi connectivity index (χ0) is 22.6. The number of hydrogen-bond donors (Lipinski definition) is 1. The van der Waals surface area contributed by atoms with Gasteiger partial charge in [-0.1, -0.05) is 44.7 Å². The number of ether oxygens (including phenoxy) is 2. The van der Waals surface area contributed by atoms with Gasteiger partial charge in [0.25, 0.3) is 0 Å². The molecule has 164 valence electrons. The Kier molecular flexibility index (Phi) is 6.90. The van der Waals surface area contributed by atoms with Crippen LogP contribution >= 0.6 is 11.8 Å². The largest absolute Gasteiger partial charge is 0.496 e. The highest BCUT2D eigenvalue weighted by molar-refractivity contribution is 7.98. The summed E-state index contributed by atoms with van der Waals surface area (Å²) in [6.07, 6.45) is 0. The van der Waals surface area contributed by atoms with Crippen molar-refractivity contribution in [2.24, 2.45) is 0 Å². The van der Waals surface area contributed by atoms with Crippen molar-refractivity contribution in [3.63, 3.8) is 0 Å². The van der Waals surface area contributed by atoms with Crippen LogP contribution in [0.3, 0.4) is 0 Å². The second kappa shape index (κ2) is 9.43. The van der Waals surface area contributed by atoms with E-state index >= 15 is 0 Å². The summed E-state index contributed by atoms with van der Waals surface area (Å²) in [6.45, 7) is 8.26. The molecule has 1 heterocycles. The van der Waals surface area contributed by atoms with Gasteiger partial charge >= 0.3 is 0 Å². The average molecular weight is 441 g/mol. The van der Waals surface area contributed by atoms with Crippen molar-refractivity contribution in [1.29, 1.82) is 0 Å². The predicted octanol–water partition coefficient (Wildman–Crippen LogP) is 4.37. The average Bonchev–Trinajstić information content (AvgIpc) is 3.09. The molecule has 0 aliphatic rings. The molecular formula is C23H28N4O3S. The van der Waals surface area contributed by atoms with E-state index < -0.39 is 0 Å². The lowest BCUT2D eigenvalue weighted by Gasteiger charge is -2.19. The van der Waals surface area contributed by atoms with Crippen molar-refractivity contribution in [3.8, 4) is 11.5 Å². The number of hydrogen-bond acceptors (Lipinski definition) is 7. The van der Waals surface area contributed by atoms with Crippen molar-refractivity contribution in [2.75, 3.05) is 13.0 Å². The summed E-state index contributed by atoms with van der Waals surface area (Å²) >= 11 is 1.41. The van der Waals surface area contributed by atoms with Crippen LogP contribution in [0.15, 0.2) is 47.6 Å². The van der Waals surface area contributed by atoms with Crippen LogP contribution in [0.2, 0.25) is 0 Å². The van der Waals surface area contributed by atoms with Crippen LogP contribution in [0.5, 0.6) is 11.5 Å². The summed E-state index contributed by atoms with van der Waals surface area (Å²) in [4.78, 5) is 11.7. The van der Waals surface area contributed by atoms with E-state index in [1.165, 1.54) is 28.9 Å². The Bertz CT molecular complexity index is 1060. The molecule has 7 nitrogen and oxygen atoms in total. The van der Waals surface area contributed by atoms with Gasteiger partial charge in [-0.25, -0.2) is 4.68 Å². The molecule has 8 heteroatoms. The molecule has 0 unspecified atom stereocenters. The van der Waals surface area contributed by atoms with Crippen molar-refractivity contribution in [1.82, 2.24) is 14.9 Å². The molecule has 0 aliphatic heterocycles. The molecule has 3 aromatic rings. The number of Topliss-reactive ketones (excluding diaryl/α,β-unsaturated/α-hetero) is 1. The second-order valence-electron chi connectivity index (χ2n) is 8.20. The van der Waals surface area contributed by atoms with Gasteiger partial charge in [0, 0.05) is 16.9 Å². The van der Waals surface area contributed by atoms with E-state index in [0.717, 1.165) is 11.3 Å². The number of ketones is 1. The second-order valence-corrected chi connectivity index (χ2v) is 9.15. The van der Waals surface area contributed by atoms with E-state index in [0.29, 0.717) is 28.0 Å². The molecule has 3 rings (SSSR count). The summed E-state index contributed by atoms with van der Waals surface area (Å²) in [5.74, 6) is 8.69. The molecule has 2 N–H and O–H groups in total. The molecule has 2 aromatic carbocycles. The predicted molar refractivity (Wildman–Crippen MR) is 122 cm³/mol. The maximum atomic E-state index is 11.7. The number of nitrogens with zero attached hydrogens (tertiary/aromatic N) is 3. The quantitative estimate of drug-likeness (QED) is 0.316. The zero-order valence-electron chi connectivity index (χ0n) is 18.5. The first-order valence-corrected chi connectivity index (χ1v) is 10.9. The molecule has 31 heavy (non-hydrogen) atoms. The molecule has 0 atom stereocenters. The minimum Gasteiger partial charge on any atom is -0.496 e. The molecule has 1 aromatic heterocycles. The fourth-order valence-corrected chi connectivity index (χ4v) is 3.81. The van der Waals surface area contributed by atoms with E-state index in [1.54, 1.807) is 19.2 Å². The first-order valence-electron chi connectivity index (χ1n) is 9.92. The minimum absolute atomic E-state index is 0.00543. The Morgan fingerprint density at radius 3 is 2.45 bits per heavy atom. The van der Waals surface area contributed by atoms with Crippen LogP contribution in [0.25, 0.3) is 0 Å². The summed E-state index contributed by atoms with van der Waals surface area (Å²) in [7, 11) is 1.60. The van der Waals surface area contributed by atoms with Gasteiger partial charge < -0.3 is 15.3 Å². The fraction of sp³-hybridized carbons (Fsp3) is 0.348. The van der Waals surface area contributed by atoms with Gasteiger partial charge in [-0.15, -0.1) is 10.2 Å². The number of methoxy groups -OCH3 is 1. The van der Waals surface area contributed by atoms with E-state index in [-0.39, 0.29) is 17.8 Å². The third kappa shape index (κ3) is 5.58. The lowest BCUT2D eigenvalue weighted by molar-refractivity contribution is 0.101. The summed E-state index contributed by atoms with van der Waals surface area (Å²) in [5.41, 5.74) is 2.86. The first-order chi connectivity index (χ1) is 14.7. The number of nitrogens with two attached hydrogens (primary N) is 1. The SMILES string of the molecule is COc1ccc(C(C)=O)cc1CSc1nnc(COc2ccc(C(C)(C)C)cc2)n1N. The number of aromatic nitrogens is 3. The minimum atomic E-state index is 0.00543. The van der Waals surface area contributed by atoms with E-state index in [9.17, 15) is 4.79 Å². The third-order valence-corrected chi connectivity index (χ3v) is 5.86. The van der Waals surface area contributed by atoms with Crippen LogP contribution in [-0.4, -0.2) is 27.8 Å². The van der Waals surface area contributed by atoms with Crippen molar-refractivity contribution in [3.05, 3.63) is 65.0 Å². The van der Waals surface area contributed by atoms with E-state index in [2.05, 4.69) is 43.1 Å². The molecular weight excluding hydrogens is 412 g/mol. The highest BCUT2D eigenvalue weighted by atomic mass is 32.2. The number of carbonyl (C=O) groups excluding carboxylic acids is 1. The van der Waals surface area contributed by atoms with Crippen molar-refractivity contribution < 1.29 is 14.3 Å². The topological polar surface area (TPSA) is 92.3 Å². The molecule has 0 radical (unpaired) electrons. The van der Waals surface area contributed by atoms with Crippen molar-refractivity contribution >= 4 is 17.5 Å². The van der Waals surface area contributed by atoms with Gasteiger partial charge in [-0.2, -0.15) is 0 Å². The number of carbonyl (C=O) groups is 1. The molecule has 0 saturated heterocycles. The summed E-state index contributed by atoms with van der Waals surface area (Å²) in [5, 5.41) is 8.86. The van der Waals surface area contributed by atoms with Gasteiger partial charge in [0.1, 0.15) is 18.1 Å². The van der Waals surface area contributed by atoms with E-state index in [1.807, 2.05) is 18.2 Å². The standard InChI is InChI=1S/C23H28N4O3S/c1-15(28)16-6-11-20(29-5)17(12-16)14-31-22-26-25-21(27(22)24)13-30-19-9-7-18(8-10-19)23(2,3)4/h6-12H,13-14,24H2,1-5H3. The lowest BCUT2D eigenvalue weighted by Crippen LogP contribution is -2.16. The third-order valence-electron chi connectivity index (χ3n) is 4.87. The van der Waals surface area contributed by atoms with Crippen LogP contribution in [0.4, 0.5) is 0 Å². The van der Waals surface area contributed by atoms with Crippen LogP contribution in [-0.2, 0) is 17.8 Å². The zero-order valence-corrected chi connectivity index (χ0v) is 19.3. The number of thioether (sulfide) groups is 1. The number of nitrogen functional groups attached to an aromatic ring is 1. The number of rotatable bonds is 8. The smallest absolute Gasteiger partial charge is 0.210 e. The van der Waals surface area contributed by atoms with Gasteiger partial charge in [-0.05, 0) is 48.2 Å². The molecule has 0 bridgehead atoms. The Morgan fingerprint density at radius 2 is 1.84 bits per heavy atom. The summed E-state index contributed by atoms with van der Waals surface area (Å²) < 4.78 is 12.7. The normalized spacial score (nSPS) is 11.4. The first kappa shape index (κ1) is 22.7. The van der Waals surface area contributed by atoms with Gasteiger partial charge in [0.05, 0.1) is 7.11 Å². The van der Waals surface area contributed by atoms with Gasteiger partial charge in [0.15, 0.2) is 11.6 Å². The maximum Gasteiger partial charge on any atom is 0.210 e. The molecule has 0 saturated carbocycles. The monoisotopic (exact) mass is 440 g/mol. The number of benzene rings is 2. The van der Waals surface area contributed by atoms with Crippen LogP contribution < -0.4 is 15.3 Å². The van der Waals surface area contributed by atoms with E-state index in [4.69, 9.17) is 15.3 Å². The maximum absolute atomic E-state index is 11.7. The van der Waals surface area contributed by atoms with Crippen molar-refractivity contribution in [2.45, 2.75) is 50.6 Å². The van der Waals surface area contributed by atoms with Gasteiger partial charge in [-0.3, -0.25) is 4.79 Å². The Labute approximate surface area is 186 Å². The molecule has 0 fully saturated rings. The molecule has 0 spiro atoms. The highest BCUT2D eigenvalue weighted by Crippen LogP contribution is 2.28. The van der Waals surface area contributed by atoms with Crippen LogP contribution in [0.1, 0.15) is 55.0 Å². The lowest BCUT2D eigenvalue weighted by atomic mass is 9.87. The Balaban J connectivity index is 1.64. The van der Waals surface area contributed by atoms with Gasteiger partial charge in [0.2, 0.25) is 5.16 Å². The Morgan fingerprint density at radius 1 is 1.13 bits per heavy atom. The fourth-order valence-electron chi connectivity index (χ4n) is 2.96. The summed E-state index contributed by atoms with van der Waals surface area (Å²) in [6, 6.07) is 13.4. The Hall–Kier alpha value is -3.00. The highest BCUT2D eigenvalue weighted by Gasteiger charge is 2.15.